The topological polar surface area (TPSA) is 66.6 Å². The first-order valence-corrected chi connectivity index (χ1v) is 11.6. The lowest BCUT2D eigenvalue weighted by Crippen LogP contribution is -2.49. The molecule has 34 heavy (non-hydrogen) atoms. The molecule has 4 heterocycles. The van der Waals surface area contributed by atoms with E-state index in [-0.39, 0.29) is 5.56 Å². The van der Waals surface area contributed by atoms with Crippen LogP contribution in [0.2, 0.25) is 0 Å². The van der Waals surface area contributed by atoms with Crippen molar-refractivity contribution in [2.24, 2.45) is 0 Å². The second-order valence-corrected chi connectivity index (χ2v) is 8.94. The van der Waals surface area contributed by atoms with Crippen LogP contribution in [0.1, 0.15) is 10.4 Å². The number of piperazine rings is 1. The molecule has 1 fully saturated rings. The molecule has 0 radical (unpaired) electrons. The molecule has 5 aromatic rings. The third kappa shape index (κ3) is 3.38. The maximum absolute atomic E-state index is 14.1. The smallest absolute Gasteiger partial charge is 0.256 e. The van der Waals surface area contributed by atoms with Crippen LogP contribution in [0.3, 0.4) is 0 Å². The molecule has 2 aromatic carbocycles. The van der Waals surface area contributed by atoms with Crippen molar-refractivity contribution in [1.29, 1.82) is 0 Å². The predicted octanol–water partition coefficient (Wildman–Crippen LogP) is 4.25. The van der Waals surface area contributed by atoms with Gasteiger partial charge in [0, 0.05) is 37.6 Å². The Hall–Kier alpha value is -3.92. The zero-order chi connectivity index (χ0) is 23.2. The first-order valence-electron chi connectivity index (χ1n) is 10.8. The minimum atomic E-state index is -0.851. The maximum Gasteiger partial charge on any atom is 0.256 e. The highest BCUT2D eigenvalue weighted by molar-refractivity contribution is 7.13. The molecule has 10 heteroatoms. The zero-order valence-electron chi connectivity index (χ0n) is 17.9. The van der Waals surface area contributed by atoms with Gasteiger partial charge in [0.1, 0.15) is 11.6 Å². The first kappa shape index (κ1) is 20.7. The molecular formula is C24H18F2N6OS. The van der Waals surface area contributed by atoms with E-state index in [9.17, 15) is 13.6 Å². The molecule has 0 unspecified atom stereocenters. The van der Waals surface area contributed by atoms with Crippen LogP contribution in [0, 0.1) is 11.6 Å². The molecule has 0 bridgehead atoms. The number of anilines is 1. The molecule has 0 aliphatic carbocycles. The number of carbonyl (C=O) groups is 1. The first-order chi connectivity index (χ1) is 16.6. The average Bonchev–Trinajstić information content (AvgIpc) is 3.54. The van der Waals surface area contributed by atoms with Gasteiger partial charge in [-0.3, -0.25) is 4.79 Å². The number of rotatable bonds is 3. The van der Waals surface area contributed by atoms with Gasteiger partial charge < -0.3 is 9.80 Å². The lowest BCUT2D eigenvalue weighted by atomic mass is 10.1. The Morgan fingerprint density at radius 3 is 2.53 bits per heavy atom. The van der Waals surface area contributed by atoms with Crippen LogP contribution in [0.4, 0.5) is 14.7 Å². The summed E-state index contributed by atoms with van der Waals surface area (Å²) in [4.78, 5) is 22.4. The Kier molecular flexibility index (Phi) is 4.95. The Balaban J connectivity index is 1.36. The van der Waals surface area contributed by atoms with E-state index in [0.29, 0.717) is 38.0 Å². The van der Waals surface area contributed by atoms with Crippen molar-refractivity contribution in [3.8, 4) is 10.7 Å². The van der Waals surface area contributed by atoms with E-state index in [1.165, 1.54) is 6.07 Å². The van der Waals surface area contributed by atoms with Gasteiger partial charge in [-0.05, 0) is 35.7 Å². The Labute approximate surface area is 196 Å². The number of benzene rings is 2. The lowest BCUT2D eigenvalue weighted by Gasteiger charge is -2.35. The molecule has 1 saturated heterocycles. The molecule has 1 amide bonds. The molecule has 170 valence electrons. The largest absolute Gasteiger partial charge is 0.338 e. The third-order valence-corrected chi connectivity index (χ3v) is 6.85. The number of thiophene rings is 1. The molecule has 0 N–H and O–H groups in total. The van der Waals surface area contributed by atoms with Crippen LogP contribution in [-0.2, 0) is 0 Å². The van der Waals surface area contributed by atoms with Crippen molar-refractivity contribution < 1.29 is 13.6 Å². The summed E-state index contributed by atoms with van der Waals surface area (Å²) in [6.07, 6.45) is 0. The van der Waals surface area contributed by atoms with Crippen LogP contribution < -0.4 is 4.90 Å². The van der Waals surface area contributed by atoms with E-state index in [1.807, 2.05) is 46.2 Å². The monoisotopic (exact) mass is 476 g/mol. The van der Waals surface area contributed by atoms with Crippen molar-refractivity contribution in [2.75, 3.05) is 31.1 Å². The van der Waals surface area contributed by atoms with Gasteiger partial charge in [0.2, 0.25) is 5.95 Å². The molecule has 0 atom stereocenters. The van der Waals surface area contributed by atoms with Crippen molar-refractivity contribution in [1.82, 2.24) is 24.5 Å². The van der Waals surface area contributed by atoms with E-state index in [4.69, 9.17) is 4.98 Å². The molecule has 6 rings (SSSR count). The molecule has 1 aliphatic rings. The molecule has 0 spiro atoms. The Morgan fingerprint density at radius 1 is 0.941 bits per heavy atom. The summed E-state index contributed by atoms with van der Waals surface area (Å²) in [5, 5.41) is 11.8. The summed E-state index contributed by atoms with van der Waals surface area (Å²) in [7, 11) is 0. The van der Waals surface area contributed by atoms with Crippen LogP contribution in [0.25, 0.3) is 27.3 Å². The van der Waals surface area contributed by atoms with Gasteiger partial charge in [-0.15, -0.1) is 21.5 Å². The molecular weight excluding hydrogens is 458 g/mol. The number of hydrogen-bond acceptors (Lipinski definition) is 6. The van der Waals surface area contributed by atoms with E-state index in [0.717, 1.165) is 33.6 Å². The quantitative estimate of drug-likeness (QED) is 0.390. The molecule has 3 aromatic heterocycles. The van der Waals surface area contributed by atoms with Crippen molar-refractivity contribution >= 4 is 39.7 Å². The number of amides is 1. The highest BCUT2D eigenvalue weighted by Crippen LogP contribution is 2.31. The second-order valence-electron chi connectivity index (χ2n) is 7.99. The fourth-order valence-electron chi connectivity index (χ4n) is 4.29. The predicted molar refractivity (Wildman–Crippen MR) is 126 cm³/mol. The summed E-state index contributed by atoms with van der Waals surface area (Å²) in [5.74, 6) is -0.596. The van der Waals surface area contributed by atoms with Gasteiger partial charge >= 0.3 is 0 Å². The van der Waals surface area contributed by atoms with Crippen molar-refractivity contribution in [2.45, 2.75) is 0 Å². The minimum Gasteiger partial charge on any atom is -0.338 e. The number of para-hydroxylation sites is 1. The second kappa shape index (κ2) is 8.14. The summed E-state index contributed by atoms with van der Waals surface area (Å²) >= 11 is 1.58. The van der Waals surface area contributed by atoms with Gasteiger partial charge in [0.25, 0.3) is 5.91 Å². The highest BCUT2D eigenvalue weighted by Gasteiger charge is 2.27. The Bertz CT molecular complexity index is 1530. The number of fused-ring (bicyclic) bond motifs is 3. The SMILES string of the molecule is O=C(c1ccc(F)cc1F)N1CCN(c2nc3ccccc3c3nnc(-c4cccs4)n23)CC1. The van der Waals surface area contributed by atoms with Crippen LogP contribution in [0.15, 0.2) is 60.0 Å². The fraction of sp³-hybridized carbons (Fsp3) is 0.167. The van der Waals surface area contributed by atoms with E-state index < -0.39 is 17.5 Å². The van der Waals surface area contributed by atoms with Crippen molar-refractivity contribution in [3.63, 3.8) is 0 Å². The minimum absolute atomic E-state index is 0.125. The number of carbonyl (C=O) groups excluding carboxylic acids is 1. The summed E-state index contributed by atoms with van der Waals surface area (Å²) in [6.45, 7) is 1.75. The standard InChI is InChI=1S/C24H18F2N6OS/c25-15-7-8-16(18(26)14-15)23(33)30-9-11-31(12-10-30)24-27-19-5-2-1-4-17(19)21-28-29-22(32(21)24)20-6-3-13-34-20/h1-8,13-14H,9-12H2. The van der Waals surface area contributed by atoms with Gasteiger partial charge in [-0.2, -0.15) is 0 Å². The van der Waals surface area contributed by atoms with Gasteiger partial charge in [0.05, 0.1) is 16.0 Å². The number of aromatic nitrogens is 4. The van der Waals surface area contributed by atoms with Crippen LogP contribution >= 0.6 is 11.3 Å². The summed E-state index contributed by atoms with van der Waals surface area (Å²) in [6, 6.07) is 14.8. The molecule has 7 nitrogen and oxygen atoms in total. The highest BCUT2D eigenvalue weighted by atomic mass is 32.1. The van der Waals surface area contributed by atoms with Crippen LogP contribution in [0.5, 0.6) is 0 Å². The van der Waals surface area contributed by atoms with Gasteiger partial charge in [-0.1, -0.05) is 18.2 Å². The zero-order valence-corrected chi connectivity index (χ0v) is 18.7. The summed E-state index contributed by atoms with van der Waals surface area (Å²) < 4.78 is 29.4. The van der Waals surface area contributed by atoms with E-state index in [2.05, 4.69) is 15.1 Å². The normalized spacial score (nSPS) is 14.3. The summed E-state index contributed by atoms with van der Waals surface area (Å²) in [5.41, 5.74) is 1.40. The fourth-order valence-corrected chi connectivity index (χ4v) is 4.98. The molecule has 0 saturated carbocycles. The van der Waals surface area contributed by atoms with Crippen LogP contribution in [-0.4, -0.2) is 56.6 Å². The Morgan fingerprint density at radius 2 is 1.76 bits per heavy atom. The third-order valence-electron chi connectivity index (χ3n) is 5.98. The molecule has 1 aliphatic heterocycles. The van der Waals surface area contributed by atoms with Gasteiger partial charge in [0.15, 0.2) is 11.5 Å². The van der Waals surface area contributed by atoms with Crippen molar-refractivity contribution in [3.05, 3.63) is 77.2 Å². The number of nitrogens with zero attached hydrogens (tertiary/aromatic N) is 6. The van der Waals surface area contributed by atoms with Gasteiger partial charge in [-0.25, -0.2) is 18.2 Å². The van der Waals surface area contributed by atoms with E-state index in [1.54, 1.807) is 16.2 Å². The van der Waals surface area contributed by atoms with E-state index >= 15 is 0 Å². The number of halogens is 2. The average molecular weight is 477 g/mol. The number of hydrogen-bond donors (Lipinski definition) is 0. The maximum atomic E-state index is 14.1. The lowest BCUT2D eigenvalue weighted by molar-refractivity contribution is 0.0741.